The van der Waals surface area contributed by atoms with Crippen LogP contribution in [-0.2, 0) is 0 Å². The van der Waals surface area contributed by atoms with Crippen molar-refractivity contribution in [3.05, 3.63) is 46.1 Å². The van der Waals surface area contributed by atoms with Gasteiger partial charge in [0.25, 0.3) is 11.8 Å². The third-order valence-electron chi connectivity index (χ3n) is 7.35. The zero-order valence-corrected chi connectivity index (χ0v) is 22.0. The second-order valence-electron chi connectivity index (χ2n) is 9.40. The number of aromatic nitrogens is 4. The molecule has 37 heavy (non-hydrogen) atoms. The molecule has 1 atom stereocenters. The van der Waals surface area contributed by atoms with Crippen LogP contribution in [0.15, 0.2) is 24.5 Å². The third kappa shape index (κ3) is 4.78. The summed E-state index contributed by atoms with van der Waals surface area (Å²) in [6, 6.07) is 4.13. The molecule has 3 aromatic heterocycles. The first kappa shape index (κ1) is 25.5. The quantitative estimate of drug-likeness (QED) is 0.465. The summed E-state index contributed by atoms with van der Waals surface area (Å²) in [7, 11) is 0. The van der Waals surface area contributed by atoms with Crippen LogP contribution in [0, 0.1) is 0 Å². The SMILES string of the molecule is CCC1CN(c2nc(N)c(C(N)=O)nc2Cl)CCN1C1CCN(C(=O)c2ccc(Cl)n3ccnc23)CC1. The summed E-state index contributed by atoms with van der Waals surface area (Å²) in [6.07, 6.45) is 6.12. The number of anilines is 2. The molecule has 13 heteroatoms. The Morgan fingerprint density at radius 2 is 1.86 bits per heavy atom. The number of piperidine rings is 1. The van der Waals surface area contributed by atoms with Crippen LogP contribution < -0.4 is 16.4 Å². The number of halogens is 2. The molecule has 2 aliphatic heterocycles. The van der Waals surface area contributed by atoms with E-state index in [2.05, 4.69) is 31.7 Å². The minimum absolute atomic E-state index is 0.0200. The Bertz CT molecular complexity index is 1340. The molecule has 1 unspecified atom stereocenters. The molecular weight excluding hydrogens is 517 g/mol. The predicted molar refractivity (Wildman–Crippen MR) is 142 cm³/mol. The summed E-state index contributed by atoms with van der Waals surface area (Å²) in [5, 5.41) is 0.637. The zero-order valence-electron chi connectivity index (χ0n) is 20.5. The van der Waals surface area contributed by atoms with Gasteiger partial charge >= 0.3 is 0 Å². The number of piperazine rings is 1. The first-order chi connectivity index (χ1) is 17.8. The van der Waals surface area contributed by atoms with Gasteiger partial charge in [-0.05, 0) is 31.4 Å². The Kier molecular flexibility index (Phi) is 7.11. The number of hydrogen-bond acceptors (Lipinski definition) is 8. The van der Waals surface area contributed by atoms with Crippen molar-refractivity contribution in [1.82, 2.24) is 29.2 Å². The van der Waals surface area contributed by atoms with E-state index in [0.717, 1.165) is 25.8 Å². The molecule has 2 aliphatic rings. The molecule has 196 valence electrons. The lowest BCUT2D eigenvalue weighted by Crippen LogP contribution is -2.58. The van der Waals surface area contributed by atoms with Gasteiger partial charge in [-0.15, -0.1) is 0 Å². The number of nitrogens with two attached hydrogens (primary N) is 2. The first-order valence-electron chi connectivity index (χ1n) is 12.3. The Morgan fingerprint density at radius 1 is 1.11 bits per heavy atom. The maximum absolute atomic E-state index is 13.3. The van der Waals surface area contributed by atoms with E-state index in [1.54, 1.807) is 28.9 Å². The molecule has 11 nitrogen and oxygen atoms in total. The first-order valence-corrected chi connectivity index (χ1v) is 13.1. The lowest BCUT2D eigenvalue weighted by atomic mass is 9.97. The van der Waals surface area contributed by atoms with Crippen LogP contribution in [-0.4, -0.2) is 85.8 Å². The Morgan fingerprint density at radius 3 is 2.57 bits per heavy atom. The van der Waals surface area contributed by atoms with E-state index >= 15 is 0 Å². The molecule has 3 aromatic rings. The summed E-state index contributed by atoms with van der Waals surface area (Å²) in [6.45, 7) is 5.74. The van der Waals surface area contributed by atoms with Crippen LogP contribution >= 0.6 is 23.2 Å². The summed E-state index contributed by atoms with van der Waals surface area (Å²) in [4.78, 5) is 44.1. The van der Waals surface area contributed by atoms with Gasteiger partial charge in [-0.3, -0.25) is 18.9 Å². The molecule has 5 heterocycles. The zero-order chi connectivity index (χ0) is 26.3. The molecule has 0 aromatic carbocycles. The normalized spacial score (nSPS) is 19.5. The van der Waals surface area contributed by atoms with Crippen molar-refractivity contribution < 1.29 is 9.59 Å². The minimum Gasteiger partial charge on any atom is -0.382 e. The van der Waals surface area contributed by atoms with Crippen molar-refractivity contribution in [1.29, 1.82) is 0 Å². The Balaban J connectivity index is 1.24. The van der Waals surface area contributed by atoms with Gasteiger partial charge in [-0.1, -0.05) is 30.1 Å². The smallest absolute Gasteiger partial charge is 0.271 e. The average molecular weight is 546 g/mol. The second-order valence-corrected chi connectivity index (χ2v) is 10.1. The van der Waals surface area contributed by atoms with Crippen LogP contribution in [0.2, 0.25) is 10.3 Å². The van der Waals surface area contributed by atoms with Gasteiger partial charge in [0.1, 0.15) is 5.15 Å². The number of carbonyl (C=O) groups excluding carboxylic acids is 2. The molecule has 5 rings (SSSR count). The number of carbonyl (C=O) groups is 2. The van der Waals surface area contributed by atoms with Crippen LogP contribution in [0.4, 0.5) is 11.6 Å². The van der Waals surface area contributed by atoms with Crippen LogP contribution in [0.1, 0.15) is 47.0 Å². The molecule has 2 fully saturated rings. The second kappa shape index (κ2) is 10.3. The number of nitrogen functional groups attached to an aromatic ring is 1. The third-order valence-corrected chi connectivity index (χ3v) is 7.91. The van der Waals surface area contributed by atoms with Gasteiger partial charge in [-0.2, -0.15) is 0 Å². The van der Waals surface area contributed by atoms with Crippen LogP contribution in [0.3, 0.4) is 0 Å². The number of primary amides is 1. The molecule has 0 spiro atoms. The summed E-state index contributed by atoms with van der Waals surface area (Å²) in [5.74, 6) is -0.332. The Hall–Kier alpha value is -3.15. The molecule has 0 saturated carbocycles. The fraction of sp³-hybridized carbons (Fsp3) is 0.458. The van der Waals surface area contributed by atoms with E-state index in [-0.39, 0.29) is 28.6 Å². The van der Waals surface area contributed by atoms with Gasteiger partial charge in [0.05, 0.1) is 5.56 Å². The van der Waals surface area contributed by atoms with E-state index in [9.17, 15) is 9.59 Å². The monoisotopic (exact) mass is 545 g/mol. The van der Waals surface area contributed by atoms with E-state index in [4.69, 9.17) is 34.7 Å². The number of nitrogens with zero attached hydrogens (tertiary/aromatic N) is 7. The average Bonchev–Trinajstić information content (AvgIpc) is 3.40. The van der Waals surface area contributed by atoms with Crippen molar-refractivity contribution in [3.8, 4) is 0 Å². The highest BCUT2D eigenvalue weighted by molar-refractivity contribution is 6.32. The summed E-state index contributed by atoms with van der Waals surface area (Å²) in [5.41, 5.74) is 12.2. The van der Waals surface area contributed by atoms with Gasteiger partial charge in [0.15, 0.2) is 28.1 Å². The fourth-order valence-corrected chi connectivity index (χ4v) is 5.87. The van der Waals surface area contributed by atoms with Crippen molar-refractivity contribution >= 4 is 52.3 Å². The van der Waals surface area contributed by atoms with Crippen LogP contribution in [0.5, 0.6) is 0 Å². The van der Waals surface area contributed by atoms with E-state index < -0.39 is 5.91 Å². The molecular formula is C24H29Cl2N9O2. The number of pyridine rings is 1. The van der Waals surface area contributed by atoms with Gasteiger partial charge in [0.2, 0.25) is 0 Å². The Labute approximate surface area is 224 Å². The topological polar surface area (TPSA) is 139 Å². The molecule has 0 radical (unpaired) electrons. The predicted octanol–water partition coefficient (Wildman–Crippen LogP) is 2.32. The fourth-order valence-electron chi connectivity index (χ4n) is 5.43. The maximum atomic E-state index is 13.3. The number of likely N-dealkylation sites (tertiary alicyclic amines) is 1. The molecule has 2 amide bonds. The lowest BCUT2D eigenvalue weighted by molar-refractivity contribution is 0.0491. The van der Waals surface area contributed by atoms with E-state index in [0.29, 0.717) is 54.4 Å². The van der Waals surface area contributed by atoms with Gasteiger partial charge < -0.3 is 21.3 Å². The summed E-state index contributed by atoms with van der Waals surface area (Å²) >= 11 is 12.6. The van der Waals surface area contributed by atoms with E-state index in [1.165, 1.54) is 0 Å². The highest BCUT2D eigenvalue weighted by Crippen LogP contribution is 2.30. The number of hydrogen-bond donors (Lipinski definition) is 2. The number of fused-ring (bicyclic) bond motifs is 1. The molecule has 0 aliphatic carbocycles. The minimum atomic E-state index is -0.759. The van der Waals surface area contributed by atoms with Crippen molar-refractivity contribution in [3.63, 3.8) is 0 Å². The van der Waals surface area contributed by atoms with E-state index in [1.807, 2.05) is 4.90 Å². The number of amides is 2. The van der Waals surface area contributed by atoms with Gasteiger partial charge in [0, 0.05) is 57.2 Å². The van der Waals surface area contributed by atoms with Crippen molar-refractivity contribution in [2.75, 3.05) is 43.4 Å². The lowest BCUT2D eigenvalue weighted by Gasteiger charge is -2.47. The highest BCUT2D eigenvalue weighted by atomic mass is 35.5. The molecule has 2 saturated heterocycles. The number of rotatable bonds is 5. The molecule has 4 N–H and O–H groups in total. The largest absolute Gasteiger partial charge is 0.382 e. The van der Waals surface area contributed by atoms with Crippen molar-refractivity contribution in [2.45, 2.75) is 38.3 Å². The van der Waals surface area contributed by atoms with Gasteiger partial charge in [-0.25, -0.2) is 15.0 Å². The number of imidazole rings is 1. The summed E-state index contributed by atoms with van der Waals surface area (Å²) < 4.78 is 1.72. The standard InChI is InChI=1S/C24H29Cl2N9O2/c1-2-14-13-33(23-19(26)30-18(21(28)36)20(27)31-23)11-12-34(14)15-5-8-32(9-6-15)24(37)16-3-4-17(25)35-10-7-29-22(16)35/h3-4,7,10,14-15H,2,5-6,8-9,11-13H2,1H3,(H2,27,31)(H2,28,36). The molecule has 0 bridgehead atoms. The van der Waals surface area contributed by atoms with Crippen molar-refractivity contribution in [2.24, 2.45) is 5.73 Å². The van der Waals surface area contributed by atoms with Crippen LogP contribution in [0.25, 0.3) is 5.65 Å². The maximum Gasteiger partial charge on any atom is 0.271 e. The highest BCUT2D eigenvalue weighted by Gasteiger charge is 2.35.